The Balaban J connectivity index is 2.58. The highest BCUT2D eigenvalue weighted by Gasteiger charge is 2.27. The monoisotopic (exact) mass is 202 g/mol. The molecule has 0 aromatic carbocycles. The largest absolute Gasteiger partial charge is 0.390 e. The van der Waals surface area contributed by atoms with Crippen LogP contribution in [0.2, 0.25) is 0 Å². The molecule has 0 amide bonds. The number of anilines is 1. The van der Waals surface area contributed by atoms with Crippen molar-refractivity contribution in [3.63, 3.8) is 0 Å². The minimum Gasteiger partial charge on any atom is -0.390 e. The zero-order valence-corrected chi connectivity index (χ0v) is 7.80. The summed E-state index contributed by atoms with van der Waals surface area (Å²) >= 11 is 0. The number of alkyl halides is 2. The van der Waals surface area contributed by atoms with Crippen LogP contribution in [0.25, 0.3) is 0 Å². The maximum Gasteiger partial charge on any atom is 0.287 e. The van der Waals surface area contributed by atoms with Crippen LogP contribution in [-0.2, 0) is 0 Å². The van der Waals surface area contributed by atoms with Gasteiger partial charge < -0.3 is 10.4 Å². The van der Waals surface area contributed by atoms with Gasteiger partial charge in [-0.05, 0) is 18.6 Å². The molecular formula is C9H12F2N2O. The first-order valence-corrected chi connectivity index (χ1v) is 4.18. The van der Waals surface area contributed by atoms with Gasteiger partial charge in [-0.25, -0.2) is 8.78 Å². The third-order valence-electron chi connectivity index (χ3n) is 1.79. The Labute approximate surface area is 80.8 Å². The molecule has 5 heteroatoms. The van der Waals surface area contributed by atoms with Gasteiger partial charge in [0.05, 0.1) is 6.54 Å². The number of pyridine rings is 1. The summed E-state index contributed by atoms with van der Waals surface area (Å²) in [6.45, 7) is 0.0465. The van der Waals surface area contributed by atoms with Crippen molar-refractivity contribution < 1.29 is 13.9 Å². The Bertz CT molecular complexity index is 305. The van der Waals surface area contributed by atoms with E-state index in [0.717, 1.165) is 5.56 Å². The zero-order chi connectivity index (χ0) is 10.6. The van der Waals surface area contributed by atoms with Crippen molar-refractivity contribution in [2.75, 3.05) is 18.5 Å². The summed E-state index contributed by atoms with van der Waals surface area (Å²) in [4.78, 5) is 3.83. The lowest BCUT2D eigenvalue weighted by Crippen LogP contribution is -2.31. The molecule has 0 bridgehead atoms. The fraction of sp³-hybridized carbons (Fsp3) is 0.444. The second-order valence-corrected chi connectivity index (χ2v) is 3.06. The third-order valence-corrected chi connectivity index (χ3v) is 1.79. The van der Waals surface area contributed by atoms with Gasteiger partial charge in [-0.2, -0.15) is 0 Å². The van der Waals surface area contributed by atoms with E-state index in [4.69, 9.17) is 5.11 Å². The molecule has 0 spiro atoms. The van der Waals surface area contributed by atoms with E-state index >= 15 is 0 Å². The normalized spacial score (nSPS) is 11.4. The van der Waals surface area contributed by atoms with E-state index in [1.165, 1.54) is 6.20 Å². The molecular weight excluding hydrogens is 190 g/mol. The van der Waals surface area contributed by atoms with E-state index in [-0.39, 0.29) is 0 Å². The second kappa shape index (κ2) is 4.32. The van der Waals surface area contributed by atoms with Crippen LogP contribution in [0.3, 0.4) is 0 Å². The lowest BCUT2D eigenvalue weighted by molar-refractivity contribution is -0.0372. The smallest absolute Gasteiger partial charge is 0.287 e. The molecule has 1 rings (SSSR count). The summed E-state index contributed by atoms with van der Waals surface area (Å²) in [5.74, 6) is -3.09. The summed E-state index contributed by atoms with van der Waals surface area (Å²) in [7, 11) is 0. The van der Waals surface area contributed by atoms with E-state index < -0.39 is 19.1 Å². The van der Waals surface area contributed by atoms with Crippen molar-refractivity contribution in [3.05, 3.63) is 24.0 Å². The van der Waals surface area contributed by atoms with Crippen molar-refractivity contribution in [2.24, 2.45) is 0 Å². The van der Waals surface area contributed by atoms with Crippen molar-refractivity contribution >= 4 is 5.69 Å². The van der Waals surface area contributed by atoms with E-state index in [2.05, 4.69) is 10.3 Å². The summed E-state index contributed by atoms with van der Waals surface area (Å²) in [6, 6.07) is 1.61. The van der Waals surface area contributed by atoms with Crippen LogP contribution in [0.5, 0.6) is 0 Å². The fourth-order valence-corrected chi connectivity index (χ4v) is 0.952. The molecule has 3 nitrogen and oxygen atoms in total. The Hall–Kier alpha value is -1.23. The number of aryl methyl sites for hydroxylation is 1. The van der Waals surface area contributed by atoms with Crippen molar-refractivity contribution in [2.45, 2.75) is 12.8 Å². The highest BCUT2D eigenvalue weighted by Crippen LogP contribution is 2.16. The number of aromatic nitrogens is 1. The van der Waals surface area contributed by atoms with Crippen LogP contribution in [-0.4, -0.2) is 29.2 Å². The number of nitrogens with one attached hydrogen (secondary N) is 1. The van der Waals surface area contributed by atoms with Crippen LogP contribution < -0.4 is 5.32 Å². The van der Waals surface area contributed by atoms with Gasteiger partial charge in [-0.1, -0.05) is 0 Å². The first-order valence-electron chi connectivity index (χ1n) is 4.18. The van der Waals surface area contributed by atoms with Gasteiger partial charge in [0.25, 0.3) is 5.92 Å². The van der Waals surface area contributed by atoms with Crippen LogP contribution >= 0.6 is 0 Å². The highest BCUT2D eigenvalue weighted by molar-refractivity contribution is 5.48. The summed E-state index contributed by atoms with van der Waals surface area (Å²) in [6.07, 6.45) is 3.10. The average molecular weight is 202 g/mol. The number of aliphatic hydroxyl groups is 1. The minimum atomic E-state index is -3.09. The van der Waals surface area contributed by atoms with Gasteiger partial charge in [-0.15, -0.1) is 0 Å². The van der Waals surface area contributed by atoms with Gasteiger partial charge in [0.1, 0.15) is 6.61 Å². The fourth-order valence-electron chi connectivity index (χ4n) is 0.952. The lowest BCUT2D eigenvalue weighted by Gasteiger charge is -2.15. The van der Waals surface area contributed by atoms with Crippen molar-refractivity contribution in [3.8, 4) is 0 Å². The van der Waals surface area contributed by atoms with Crippen LogP contribution in [0.4, 0.5) is 14.5 Å². The molecule has 0 aliphatic carbocycles. The Morgan fingerprint density at radius 3 is 2.86 bits per heavy atom. The number of halogens is 2. The molecule has 0 aliphatic heterocycles. The molecule has 1 heterocycles. The number of rotatable bonds is 4. The van der Waals surface area contributed by atoms with Crippen LogP contribution in [0.1, 0.15) is 5.56 Å². The first kappa shape index (κ1) is 10.8. The molecule has 14 heavy (non-hydrogen) atoms. The molecule has 0 aliphatic rings. The first-order chi connectivity index (χ1) is 6.55. The van der Waals surface area contributed by atoms with Gasteiger partial charge >= 0.3 is 0 Å². The van der Waals surface area contributed by atoms with Gasteiger partial charge in [0, 0.05) is 18.1 Å². The molecule has 0 fully saturated rings. The molecule has 1 aromatic heterocycles. The van der Waals surface area contributed by atoms with Gasteiger partial charge in [-0.3, -0.25) is 4.98 Å². The van der Waals surface area contributed by atoms with Crippen LogP contribution in [0, 0.1) is 6.92 Å². The van der Waals surface area contributed by atoms with Gasteiger partial charge in [0.15, 0.2) is 0 Å². The SMILES string of the molecule is Cc1cnccc1NCC(F)(F)CO. The Morgan fingerprint density at radius 2 is 2.29 bits per heavy atom. The Kier molecular flexibility index (Phi) is 3.35. The molecule has 0 unspecified atom stereocenters. The summed E-state index contributed by atoms with van der Waals surface area (Å²) < 4.78 is 25.3. The topological polar surface area (TPSA) is 45.2 Å². The number of hydrogen-bond acceptors (Lipinski definition) is 3. The highest BCUT2D eigenvalue weighted by atomic mass is 19.3. The van der Waals surface area contributed by atoms with E-state index in [1.807, 2.05) is 0 Å². The number of nitrogens with zero attached hydrogens (tertiary/aromatic N) is 1. The Morgan fingerprint density at radius 1 is 1.57 bits per heavy atom. The predicted octanol–water partition coefficient (Wildman–Crippen LogP) is 1.43. The second-order valence-electron chi connectivity index (χ2n) is 3.06. The lowest BCUT2D eigenvalue weighted by atomic mass is 10.2. The maximum absolute atomic E-state index is 12.6. The molecule has 0 atom stereocenters. The van der Waals surface area contributed by atoms with Crippen molar-refractivity contribution in [1.29, 1.82) is 0 Å². The summed E-state index contributed by atoms with van der Waals surface area (Å²) in [5.41, 5.74) is 1.40. The number of hydrogen-bond donors (Lipinski definition) is 2. The quantitative estimate of drug-likeness (QED) is 0.776. The van der Waals surface area contributed by atoms with E-state index in [1.54, 1.807) is 19.2 Å². The molecule has 1 aromatic rings. The molecule has 0 saturated heterocycles. The van der Waals surface area contributed by atoms with E-state index in [9.17, 15) is 8.78 Å². The minimum absolute atomic E-state index is 0.575. The predicted molar refractivity (Wildman–Crippen MR) is 49.5 cm³/mol. The number of aliphatic hydroxyl groups excluding tert-OH is 1. The summed E-state index contributed by atoms with van der Waals surface area (Å²) in [5, 5.41) is 10.9. The van der Waals surface area contributed by atoms with Gasteiger partial charge in [0.2, 0.25) is 0 Å². The molecule has 0 radical (unpaired) electrons. The molecule has 2 N–H and O–H groups in total. The zero-order valence-electron chi connectivity index (χ0n) is 7.80. The maximum atomic E-state index is 12.6. The van der Waals surface area contributed by atoms with Crippen LogP contribution in [0.15, 0.2) is 18.5 Å². The standard InChI is InChI=1S/C9H12F2N2O/c1-7-4-12-3-2-8(7)13-5-9(10,11)6-14/h2-4,14H,5-6H2,1H3,(H,12,13). The molecule has 78 valence electrons. The van der Waals surface area contributed by atoms with E-state index in [0.29, 0.717) is 5.69 Å². The third kappa shape index (κ3) is 2.92. The van der Waals surface area contributed by atoms with Crippen molar-refractivity contribution in [1.82, 2.24) is 4.98 Å². The average Bonchev–Trinajstić information content (AvgIpc) is 2.17. The molecule has 0 saturated carbocycles.